The van der Waals surface area contributed by atoms with Gasteiger partial charge in [0.1, 0.15) is 17.8 Å². The molecule has 0 amide bonds. The van der Waals surface area contributed by atoms with E-state index in [1.54, 1.807) is 13.2 Å². The quantitative estimate of drug-likeness (QED) is 0.733. The Bertz CT molecular complexity index is 512. The summed E-state index contributed by atoms with van der Waals surface area (Å²) in [6.45, 7) is 0. The number of aldehydes is 1. The van der Waals surface area contributed by atoms with E-state index in [0.29, 0.717) is 17.7 Å². The first-order chi connectivity index (χ1) is 7.85. The van der Waals surface area contributed by atoms with Crippen LogP contribution in [0.2, 0.25) is 0 Å². The van der Waals surface area contributed by atoms with E-state index in [9.17, 15) is 4.79 Å². The van der Waals surface area contributed by atoms with Gasteiger partial charge in [-0.25, -0.2) is 9.97 Å². The van der Waals surface area contributed by atoms with Gasteiger partial charge >= 0.3 is 0 Å². The number of rotatable bonds is 3. The molecule has 2 aromatic rings. The van der Waals surface area contributed by atoms with E-state index in [1.165, 1.54) is 6.33 Å². The lowest BCUT2D eigenvalue weighted by atomic mass is 10.1. The summed E-state index contributed by atoms with van der Waals surface area (Å²) in [5.41, 5.74) is 1.88. The van der Waals surface area contributed by atoms with Crippen LogP contribution in [0.3, 0.4) is 0 Å². The van der Waals surface area contributed by atoms with Gasteiger partial charge in [-0.2, -0.15) is 0 Å². The zero-order chi connectivity index (χ0) is 11.4. The topological polar surface area (TPSA) is 52.1 Å². The van der Waals surface area contributed by atoms with Crippen molar-refractivity contribution in [1.82, 2.24) is 9.97 Å². The van der Waals surface area contributed by atoms with Crippen LogP contribution >= 0.6 is 0 Å². The number of nitrogens with zero attached hydrogens (tertiary/aromatic N) is 2. The van der Waals surface area contributed by atoms with Crippen LogP contribution in [-0.2, 0) is 0 Å². The van der Waals surface area contributed by atoms with Gasteiger partial charge < -0.3 is 4.74 Å². The number of carbonyl (C=O) groups excluding carboxylic acids is 1. The van der Waals surface area contributed by atoms with Crippen LogP contribution in [0, 0.1) is 0 Å². The van der Waals surface area contributed by atoms with Crippen molar-refractivity contribution in [2.45, 2.75) is 0 Å². The summed E-state index contributed by atoms with van der Waals surface area (Å²) in [4.78, 5) is 18.6. The van der Waals surface area contributed by atoms with Gasteiger partial charge in [-0.15, -0.1) is 0 Å². The molecule has 0 unspecified atom stereocenters. The Morgan fingerprint density at radius 2 is 2.06 bits per heavy atom. The van der Waals surface area contributed by atoms with E-state index in [4.69, 9.17) is 4.74 Å². The van der Waals surface area contributed by atoms with Crippen molar-refractivity contribution in [3.8, 4) is 17.0 Å². The van der Waals surface area contributed by atoms with Crippen LogP contribution < -0.4 is 4.74 Å². The average molecular weight is 214 g/mol. The van der Waals surface area contributed by atoms with Gasteiger partial charge in [0, 0.05) is 5.56 Å². The van der Waals surface area contributed by atoms with Crippen LogP contribution in [0.4, 0.5) is 0 Å². The van der Waals surface area contributed by atoms with Crippen LogP contribution in [0.15, 0.2) is 36.7 Å². The number of hydrogen-bond acceptors (Lipinski definition) is 4. The largest absolute Gasteiger partial charge is 0.496 e. The molecule has 2 rings (SSSR count). The van der Waals surface area contributed by atoms with Crippen molar-refractivity contribution < 1.29 is 9.53 Å². The van der Waals surface area contributed by atoms with Crippen molar-refractivity contribution in [3.05, 3.63) is 42.4 Å². The molecule has 1 aromatic heterocycles. The van der Waals surface area contributed by atoms with E-state index in [0.717, 1.165) is 11.3 Å². The number of ether oxygens (including phenoxy) is 1. The molecule has 4 nitrogen and oxygen atoms in total. The molecule has 0 aliphatic rings. The maximum absolute atomic E-state index is 10.6. The van der Waals surface area contributed by atoms with Crippen molar-refractivity contribution >= 4 is 6.29 Å². The molecule has 0 N–H and O–H groups in total. The molecule has 0 bridgehead atoms. The minimum atomic E-state index is 0.357. The molecule has 16 heavy (non-hydrogen) atoms. The zero-order valence-corrected chi connectivity index (χ0v) is 8.75. The van der Waals surface area contributed by atoms with Crippen LogP contribution in [0.5, 0.6) is 5.75 Å². The van der Waals surface area contributed by atoms with Crippen LogP contribution in [0.1, 0.15) is 10.5 Å². The molecule has 0 radical (unpaired) electrons. The monoisotopic (exact) mass is 214 g/mol. The molecule has 0 spiro atoms. The van der Waals surface area contributed by atoms with Gasteiger partial charge in [-0.05, 0) is 18.2 Å². The Labute approximate surface area is 92.9 Å². The van der Waals surface area contributed by atoms with Gasteiger partial charge in [0.2, 0.25) is 0 Å². The van der Waals surface area contributed by atoms with E-state index in [2.05, 4.69) is 9.97 Å². The average Bonchev–Trinajstić information content (AvgIpc) is 2.38. The molecule has 80 valence electrons. The highest BCUT2D eigenvalue weighted by Crippen LogP contribution is 2.27. The molecule has 0 saturated heterocycles. The highest BCUT2D eigenvalue weighted by atomic mass is 16.5. The Kier molecular flexibility index (Phi) is 2.91. The molecule has 4 heteroatoms. The van der Waals surface area contributed by atoms with Gasteiger partial charge in [0.05, 0.1) is 12.8 Å². The molecule has 0 atom stereocenters. The minimum absolute atomic E-state index is 0.357. The highest BCUT2D eigenvalue weighted by Gasteiger charge is 2.06. The second kappa shape index (κ2) is 4.53. The van der Waals surface area contributed by atoms with Gasteiger partial charge in [0.25, 0.3) is 0 Å². The summed E-state index contributed by atoms with van der Waals surface area (Å²) in [7, 11) is 1.60. The van der Waals surface area contributed by atoms with Crippen molar-refractivity contribution in [3.63, 3.8) is 0 Å². The van der Waals surface area contributed by atoms with Crippen molar-refractivity contribution in [2.24, 2.45) is 0 Å². The summed E-state index contributed by atoms with van der Waals surface area (Å²) in [5, 5.41) is 0. The van der Waals surface area contributed by atoms with E-state index in [1.807, 2.05) is 24.3 Å². The Morgan fingerprint density at radius 3 is 2.81 bits per heavy atom. The molecular weight excluding hydrogens is 204 g/mol. The number of aromatic nitrogens is 2. The second-order valence-corrected chi connectivity index (χ2v) is 3.15. The Balaban J connectivity index is 2.53. The predicted molar refractivity (Wildman–Crippen MR) is 59.4 cm³/mol. The first-order valence-corrected chi connectivity index (χ1v) is 4.76. The highest BCUT2D eigenvalue weighted by molar-refractivity contribution is 5.76. The first-order valence-electron chi connectivity index (χ1n) is 4.76. The first kappa shape index (κ1) is 10.3. The summed E-state index contributed by atoms with van der Waals surface area (Å²) in [6, 6.07) is 9.13. The molecule has 0 fully saturated rings. The molecular formula is C12H10N2O2. The molecule has 1 heterocycles. The third-order valence-electron chi connectivity index (χ3n) is 2.19. The molecule has 0 saturated carbocycles. The summed E-state index contributed by atoms with van der Waals surface area (Å²) >= 11 is 0. The third kappa shape index (κ3) is 1.91. The van der Waals surface area contributed by atoms with Crippen molar-refractivity contribution in [1.29, 1.82) is 0 Å². The molecule has 0 aliphatic heterocycles. The van der Waals surface area contributed by atoms with Gasteiger partial charge in [-0.3, -0.25) is 4.79 Å². The van der Waals surface area contributed by atoms with Gasteiger partial charge in [0.15, 0.2) is 6.29 Å². The second-order valence-electron chi connectivity index (χ2n) is 3.15. The fourth-order valence-corrected chi connectivity index (χ4v) is 1.44. The van der Waals surface area contributed by atoms with Crippen LogP contribution in [0.25, 0.3) is 11.3 Å². The summed E-state index contributed by atoms with van der Waals surface area (Å²) < 4.78 is 5.22. The SMILES string of the molecule is COc1ccccc1-c1cc(C=O)ncn1. The van der Waals surface area contributed by atoms with E-state index >= 15 is 0 Å². The summed E-state index contributed by atoms with van der Waals surface area (Å²) in [5.74, 6) is 0.720. The number of methoxy groups -OCH3 is 1. The van der Waals surface area contributed by atoms with Crippen molar-refractivity contribution in [2.75, 3.05) is 7.11 Å². The lowest BCUT2D eigenvalue weighted by Crippen LogP contribution is -1.93. The lowest BCUT2D eigenvalue weighted by Gasteiger charge is -2.06. The van der Waals surface area contributed by atoms with Gasteiger partial charge in [-0.1, -0.05) is 12.1 Å². The fourth-order valence-electron chi connectivity index (χ4n) is 1.44. The van der Waals surface area contributed by atoms with Crippen LogP contribution in [-0.4, -0.2) is 23.4 Å². The van der Waals surface area contributed by atoms with E-state index < -0.39 is 0 Å². The standard InChI is InChI=1S/C12H10N2O2/c1-16-12-5-3-2-4-10(12)11-6-9(7-15)13-8-14-11/h2-8H,1H3. The summed E-state index contributed by atoms with van der Waals surface area (Å²) in [6.07, 6.45) is 2.06. The fraction of sp³-hybridized carbons (Fsp3) is 0.0833. The Hall–Kier alpha value is -2.23. The van der Waals surface area contributed by atoms with E-state index in [-0.39, 0.29) is 0 Å². The third-order valence-corrected chi connectivity index (χ3v) is 2.19. The number of hydrogen-bond donors (Lipinski definition) is 0. The zero-order valence-electron chi connectivity index (χ0n) is 8.75. The lowest BCUT2D eigenvalue weighted by molar-refractivity contribution is 0.111. The Morgan fingerprint density at radius 1 is 1.25 bits per heavy atom. The normalized spacial score (nSPS) is 9.81. The predicted octanol–water partition coefficient (Wildman–Crippen LogP) is 1.96. The smallest absolute Gasteiger partial charge is 0.168 e. The molecule has 1 aromatic carbocycles. The molecule has 0 aliphatic carbocycles. The number of para-hydroxylation sites is 1. The number of carbonyl (C=O) groups is 1. The number of benzene rings is 1. The maximum atomic E-state index is 10.6. The maximum Gasteiger partial charge on any atom is 0.168 e. The minimum Gasteiger partial charge on any atom is -0.496 e.